The summed E-state index contributed by atoms with van der Waals surface area (Å²) in [7, 11) is 0. The van der Waals surface area contributed by atoms with E-state index in [0.717, 1.165) is 25.4 Å². The summed E-state index contributed by atoms with van der Waals surface area (Å²) < 4.78 is 5.46. The molecular weight excluding hydrogens is 224 g/mol. The van der Waals surface area contributed by atoms with Gasteiger partial charge in [-0.15, -0.1) is 0 Å². The maximum absolute atomic E-state index is 5.46. The van der Waals surface area contributed by atoms with E-state index in [1.165, 1.54) is 32.2 Å². The van der Waals surface area contributed by atoms with Crippen LogP contribution < -0.4 is 5.32 Å². The average Bonchev–Trinajstić information content (AvgIpc) is 3.01. The van der Waals surface area contributed by atoms with Crippen LogP contribution in [-0.2, 0) is 6.54 Å². The average molecular weight is 250 g/mol. The first-order chi connectivity index (χ1) is 8.78. The third kappa shape index (κ3) is 3.36. The first-order valence-corrected chi connectivity index (χ1v) is 7.28. The molecule has 3 heteroatoms. The number of hydrogen-bond acceptors (Lipinski definition) is 3. The first kappa shape index (κ1) is 13.6. The van der Waals surface area contributed by atoms with Gasteiger partial charge in [0, 0.05) is 12.1 Å². The van der Waals surface area contributed by atoms with Gasteiger partial charge in [-0.05, 0) is 44.5 Å². The number of nitrogens with zero attached hydrogens (tertiary/aromatic N) is 1. The third-order valence-electron chi connectivity index (χ3n) is 3.99. The molecule has 0 saturated carbocycles. The normalized spacial score (nSPS) is 23.9. The Kier molecular flexibility index (Phi) is 4.84. The fourth-order valence-corrected chi connectivity index (χ4v) is 3.11. The minimum atomic E-state index is 0.345. The van der Waals surface area contributed by atoms with Crippen molar-refractivity contribution in [2.75, 3.05) is 19.6 Å². The molecular formula is C15H26N2O. The molecule has 0 aliphatic carbocycles. The van der Waals surface area contributed by atoms with Crippen molar-refractivity contribution in [3.05, 3.63) is 24.2 Å². The fourth-order valence-electron chi connectivity index (χ4n) is 3.11. The van der Waals surface area contributed by atoms with Crippen molar-refractivity contribution in [2.45, 2.75) is 51.6 Å². The van der Waals surface area contributed by atoms with Crippen molar-refractivity contribution in [2.24, 2.45) is 0 Å². The topological polar surface area (TPSA) is 28.4 Å². The van der Waals surface area contributed by atoms with Gasteiger partial charge < -0.3 is 9.73 Å². The molecule has 1 aromatic heterocycles. The molecule has 0 bridgehead atoms. The Morgan fingerprint density at radius 1 is 1.44 bits per heavy atom. The quantitative estimate of drug-likeness (QED) is 0.806. The van der Waals surface area contributed by atoms with Crippen molar-refractivity contribution < 1.29 is 4.42 Å². The van der Waals surface area contributed by atoms with Crippen LogP contribution in [-0.4, -0.2) is 30.1 Å². The highest BCUT2D eigenvalue weighted by atomic mass is 16.3. The van der Waals surface area contributed by atoms with Crippen LogP contribution in [0.2, 0.25) is 0 Å². The van der Waals surface area contributed by atoms with Crippen LogP contribution in [0, 0.1) is 0 Å². The molecule has 1 N–H and O–H groups in total. The Morgan fingerprint density at radius 3 is 2.89 bits per heavy atom. The van der Waals surface area contributed by atoms with E-state index in [1.54, 1.807) is 6.26 Å². The molecule has 3 nitrogen and oxygen atoms in total. The Labute approximate surface area is 111 Å². The van der Waals surface area contributed by atoms with Crippen LogP contribution in [0.4, 0.5) is 0 Å². The summed E-state index contributed by atoms with van der Waals surface area (Å²) in [4.78, 5) is 2.49. The van der Waals surface area contributed by atoms with Gasteiger partial charge in [-0.25, -0.2) is 0 Å². The lowest BCUT2D eigenvalue weighted by Gasteiger charge is -2.35. The largest absolute Gasteiger partial charge is 0.468 e. The molecule has 2 rings (SSSR count). The zero-order chi connectivity index (χ0) is 12.8. The number of nitrogens with one attached hydrogen (secondary N) is 1. The molecule has 1 saturated heterocycles. The van der Waals surface area contributed by atoms with Gasteiger partial charge in [-0.2, -0.15) is 0 Å². The van der Waals surface area contributed by atoms with Crippen LogP contribution in [0.5, 0.6) is 0 Å². The Balaban J connectivity index is 1.95. The zero-order valence-corrected chi connectivity index (χ0v) is 11.7. The lowest BCUT2D eigenvalue weighted by atomic mass is 9.91. The van der Waals surface area contributed by atoms with E-state index in [0.29, 0.717) is 5.54 Å². The van der Waals surface area contributed by atoms with Gasteiger partial charge in [0.1, 0.15) is 5.76 Å². The van der Waals surface area contributed by atoms with Gasteiger partial charge in [0.05, 0.1) is 12.8 Å². The minimum absolute atomic E-state index is 0.345. The maximum Gasteiger partial charge on any atom is 0.117 e. The molecule has 1 fully saturated rings. The van der Waals surface area contributed by atoms with Gasteiger partial charge in [0.2, 0.25) is 0 Å². The summed E-state index contributed by atoms with van der Waals surface area (Å²) in [6.45, 7) is 8.84. The van der Waals surface area contributed by atoms with Crippen LogP contribution in [0.1, 0.15) is 45.3 Å². The Hall–Kier alpha value is -0.800. The van der Waals surface area contributed by atoms with E-state index in [1.807, 2.05) is 6.07 Å². The van der Waals surface area contributed by atoms with E-state index in [4.69, 9.17) is 4.42 Å². The highest BCUT2D eigenvalue weighted by molar-refractivity contribution is 5.00. The van der Waals surface area contributed by atoms with Crippen LogP contribution in [0.15, 0.2) is 22.8 Å². The molecule has 0 radical (unpaired) electrons. The van der Waals surface area contributed by atoms with Crippen molar-refractivity contribution in [3.8, 4) is 0 Å². The van der Waals surface area contributed by atoms with E-state index in [-0.39, 0.29) is 0 Å². The molecule has 1 aromatic rings. The summed E-state index contributed by atoms with van der Waals surface area (Å²) in [6.07, 6.45) is 6.93. The van der Waals surface area contributed by atoms with Crippen molar-refractivity contribution in [1.82, 2.24) is 10.2 Å². The van der Waals surface area contributed by atoms with Gasteiger partial charge in [0.15, 0.2) is 0 Å². The smallest absolute Gasteiger partial charge is 0.117 e. The summed E-state index contributed by atoms with van der Waals surface area (Å²) in [5, 5.41) is 3.74. The maximum atomic E-state index is 5.46. The van der Waals surface area contributed by atoms with Gasteiger partial charge in [0.25, 0.3) is 0 Å². The molecule has 2 heterocycles. The second kappa shape index (κ2) is 6.39. The number of furan rings is 1. The summed E-state index contributed by atoms with van der Waals surface area (Å²) in [5.74, 6) is 1.07. The monoisotopic (exact) mass is 250 g/mol. The van der Waals surface area contributed by atoms with E-state index in [2.05, 4.69) is 30.1 Å². The minimum Gasteiger partial charge on any atom is -0.468 e. The standard InChI is InChI=1S/C15H26N2O/c1-3-8-15(9-6-10-16-15)13-17(4-2)12-14-7-5-11-18-14/h5,7,11,16H,3-4,6,8-10,12-13H2,1-2H3. The zero-order valence-electron chi connectivity index (χ0n) is 11.7. The van der Waals surface area contributed by atoms with Crippen LogP contribution in [0.3, 0.4) is 0 Å². The molecule has 0 aromatic carbocycles. The van der Waals surface area contributed by atoms with Gasteiger partial charge >= 0.3 is 0 Å². The van der Waals surface area contributed by atoms with E-state index in [9.17, 15) is 0 Å². The van der Waals surface area contributed by atoms with Gasteiger partial charge in [-0.1, -0.05) is 20.3 Å². The van der Waals surface area contributed by atoms with E-state index >= 15 is 0 Å². The molecule has 0 spiro atoms. The summed E-state index contributed by atoms with van der Waals surface area (Å²) in [5.41, 5.74) is 0.345. The second-order valence-corrected chi connectivity index (χ2v) is 5.44. The molecule has 1 aliphatic heterocycles. The second-order valence-electron chi connectivity index (χ2n) is 5.44. The molecule has 102 valence electrons. The number of likely N-dealkylation sites (N-methyl/N-ethyl adjacent to an activating group) is 1. The predicted molar refractivity (Wildman–Crippen MR) is 74.5 cm³/mol. The Bertz CT molecular complexity index is 328. The predicted octanol–water partition coefficient (Wildman–Crippen LogP) is 3.02. The lowest BCUT2D eigenvalue weighted by Crippen LogP contribution is -2.49. The first-order valence-electron chi connectivity index (χ1n) is 7.28. The highest BCUT2D eigenvalue weighted by Gasteiger charge is 2.33. The molecule has 18 heavy (non-hydrogen) atoms. The van der Waals surface area contributed by atoms with Crippen molar-refractivity contribution in [1.29, 1.82) is 0 Å². The molecule has 1 unspecified atom stereocenters. The SMILES string of the molecule is CCCC1(CN(CC)Cc2ccco2)CCCN1. The number of rotatable bonds is 7. The Morgan fingerprint density at radius 2 is 2.33 bits per heavy atom. The van der Waals surface area contributed by atoms with Crippen LogP contribution in [0.25, 0.3) is 0 Å². The highest BCUT2D eigenvalue weighted by Crippen LogP contribution is 2.26. The summed E-state index contributed by atoms with van der Waals surface area (Å²) in [6, 6.07) is 4.04. The molecule has 1 aliphatic rings. The van der Waals surface area contributed by atoms with Gasteiger partial charge in [-0.3, -0.25) is 4.90 Å². The fraction of sp³-hybridized carbons (Fsp3) is 0.733. The lowest BCUT2D eigenvalue weighted by molar-refractivity contribution is 0.173. The third-order valence-corrected chi connectivity index (χ3v) is 3.99. The summed E-state index contributed by atoms with van der Waals surface area (Å²) >= 11 is 0. The van der Waals surface area contributed by atoms with Crippen molar-refractivity contribution >= 4 is 0 Å². The van der Waals surface area contributed by atoms with Crippen LogP contribution >= 0.6 is 0 Å². The molecule has 1 atom stereocenters. The molecule has 0 amide bonds. The van der Waals surface area contributed by atoms with Crippen molar-refractivity contribution in [3.63, 3.8) is 0 Å². The van der Waals surface area contributed by atoms with E-state index < -0.39 is 0 Å². The number of hydrogen-bond donors (Lipinski definition) is 1.